The second-order valence-corrected chi connectivity index (χ2v) is 12.0. The molecule has 0 bridgehead atoms. The van der Waals surface area contributed by atoms with E-state index in [2.05, 4.69) is 35.8 Å². The molecule has 222 valence electrons. The standard InChI is InChI=1S/C27H27F3N6O4S2/c28-27(29,30)40-20-8-4-5-15(12-20)11-19(37)14-31-25-35-33-23(41-25)17-9-10-18(13-17)24-34-36-26(42-24)32-22(39)21(38)16-6-2-1-3-7-16/h1-8,17-18,20-21,38H,9-14H2,(H,31,35)(H,32,36,39)/t17-,18-,20?,21-/m0/s1. The van der Waals surface area contributed by atoms with Crippen LogP contribution in [0.2, 0.25) is 0 Å². The number of ether oxygens (including phenoxy) is 1. The Bertz CT molecular complexity index is 1460. The summed E-state index contributed by atoms with van der Waals surface area (Å²) in [7, 11) is 0. The number of anilines is 2. The number of Topliss-reactive ketones (excluding diaryl/α,β-unsaturated/α-hetero) is 1. The highest BCUT2D eigenvalue weighted by atomic mass is 32.1. The van der Waals surface area contributed by atoms with Crippen LogP contribution in [0, 0.1) is 0 Å². The molecule has 1 aromatic carbocycles. The van der Waals surface area contributed by atoms with Crippen molar-refractivity contribution in [2.45, 2.75) is 62.5 Å². The van der Waals surface area contributed by atoms with Gasteiger partial charge in [0.2, 0.25) is 10.3 Å². The van der Waals surface area contributed by atoms with Crippen LogP contribution in [0.1, 0.15) is 65.6 Å². The van der Waals surface area contributed by atoms with Crippen LogP contribution in [0.4, 0.5) is 23.4 Å². The molecule has 3 aromatic rings. The van der Waals surface area contributed by atoms with Gasteiger partial charge in [-0.2, -0.15) is 0 Å². The van der Waals surface area contributed by atoms with Gasteiger partial charge < -0.3 is 10.4 Å². The smallest absolute Gasteiger partial charge is 0.378 e. The molecule has 10 nitrogen and oxygen atoms in total. The number of carbonyl (C=O) groups is 2. The number of halogens is 3. The lowest BCUT2D eigenvalue weighted by Crippen LogP contribution is -2.24. The number of nitrogens with one attached hydrogen (secondary N) is 2. The molecule has 1 amide bonds. The number of amides is 1. The highest BCUT2D eigenvalue weighted by molar-refractivity contribution is 7.15. The van der Waals surface area contributed by atoms with E-state index in [1.165, 1.54) is 34.8 Å². The number of carbonyl (C=O) groups excluding carboxylic acids is 2. The predicted molar refractivity (Wildman–Crippen MR) is 150 cm³/mol. The summed E-state index contributed by atoms with van der Waals surface area (Å²) < 4.78 is 41.5. The summed E-state index contributed by atoms with van der Waals surface area (Å²) >= 11 is 2.64. The fourth-order valence-corrected chi connectivity index (χ4v) is 6.68. The first-order valence-corrected chi connectivity index (χ1v) is 14.8. The Morgan fingerprint density at radius 3 is 2.38 bits per heavy atom. The predicted octanol–water partition coefficient (Wildman–Crippen LogP) is 5.28. The van der Waals surface area contributed by atoms with Crippen LogP contribution in [-0.2, 0) is 14.3 Å². The van der Waals surface area contributed by atoms with Gasteiger partial charge in [0.15, 0.2) is 11.9 Å². The van der Waals surface area contributed by atoms with E-state index in [-0.39, 0.29) is 37.0 Å². The van der Waals surface area contributed by atoms with E-state index < -0.39 is 24.5 Å². The first kappa shape index (κ1) is 29.9. The first-order chi connectivity index (χ1) is 20.1. The summed E-state index contributed by atoms with van der Waals surface area (Å²) in [5.74, 6) is -0.463. The normalized spacial score (nSPS) is 21.1. The number of hydrogen-bond donors (Lipinski definition) is 3. The molecule has 1 fully saturated rings. The fraction of sp³-hybridized carbons (Fsp3) is 0.407. The zero-order valence-corrected chi connectivity index (χ0v) is 23.7. The molecule has 1 saturated carbocycles. The largest absolute Gasteiger partial charge is 0.523 e. The Morgan fingerprint density at radius 2 is 1.69 bits per heavy atom. The minimum atomic E-state index is -4.73. The SMILES string of the molecule is O=C(CNc1nnc([C@H]2CC[C@H](c3nnc(NC(=O)[C@@H](O)c4ccccc4)s3)C2)s1)CC1=CC=CC(OC(F)(F)F)C1. The van der Waals surface area contributed by atoms with Gasteiger partial charge in [-0.05, 0) is 31.2 Å². The Balaban J connectivity index is 1.07. The minimum absolute atomic E-state index is 0.00563. The van der Waals surface area contributed by atoms with Gasteiger partial charge >= 0.3 is 6.36 Å². The van der Waals surface area contributed by atoms with Crippen molar-refractivity contribution in [2.75, 3.05) is 17.2 Å². The van der Waals surface area contributed by atoms with E-state index in [0.717, 1.165) is 29.3 Å². The van der Waals surface area contributed by atoms with Gasteiger partial charge in [-0.15, -0.1) is 33.6 Å². The number of alkyl halides is 3. The van der Waals surface area contributed by atoms with E-state index >= 15 is 0 Å². The van der Waals surface area contributed by atoms with Gasteiger partial charge in [-0.25, -0.2) is 0 Å². The molecule has 2 aromatic heterocycles. The lowest BCUT2D eigenvalue weighted by atomic mass is 9.98. The van der Waals surface area contributed by atoms with Crippen molar-refractivity contribution in [3.05, 3.63) is 69.7 Å². The molecule has 3 N–H and O–H groups in total. The van der Waals surface area contributed by atoms with Crippen molar-refractivity contribution in [1.82, 2.24) is 20.4 Å². The molecule has 42 heavy (non-hydrogen) atoms. The molecule has 0 spiro atoms. The summed E-state index contributed by atoms with van der Waals surface area (Å²) in [5.41, 5.74) is 1.06. The number of benzene rings is 1. The van der Waals surface area contributed by atoms with Crippen molar-refractivity contribution in [3.63, 3.8) is 0 Å². The zero-order chi connectivity index (χ0) is 29.7. The Kier molecular flexibility index (Phi) is 9.40. The third-order valence-electron chi connectivity index (χ3n) is 6.87. The molecule has 1 unspecified atom stereocenters. The van der Waals surface area contributed by atoms with Crippen molar-refractivity contribution >= 4 is 44.6 Å². The maximum absolute atomic E-state index is 12.5. The minimum Gasteiger partial charge on any atom is -0.378 e. The molecule has 0 radical (unpaired) electrons. The van der Waals surface area contributed by atoms with Crippen LogP contribution in [0.25, 0.3) is 0 Å². The van der Waals surface area contributed by atoms with Crippen LogP contribution >= 0.6 is 22.7 Å². The summed E-state index contributed by atoms with van der Waals surface area (Å²) in [4.78, 5) is 24.9. The molecule has 4 atom stereocenters. The second-order valence-electron chi connectivity index (χ2n) is 9.99. The number of hydrogen-bond acceptors (Lipinski definition) is 11. The molecule has 0 aliphatic heterocycles. The number of rotatable bonds is 11. The van der Waals surface area contributed by atoms with Crippen molar-refractivity contribution in [3.8, 4) is 0 Å². The van der Waals surface area contributed by atoms with E-state index in [4.69, 9.17) is 0 Å². The van der Waals surface area contributed by atoms with Gasteiger partial charge in [0, 0.05) is 18.3 Å². The van der Waals surface area contributed by atoms with Gasteiger partial charge in [-0.1, -0.05) is 76.8 Å². The average Bonchev–Trinajstić information content (AvgIpc) is 3.72. The van der Waals surface area contributed by atoms with Crippen LogP contribution < -0.4 is 10.6 Å². The Morgan fingerprint density at radius 1 is 1.02 bits per heavy atom. The molecule has 5 rings (SSSR count). The van der Waals surface area contributed by atoms with Crippen LogP contribution in [0.3, 0.4) is 0 Å². The second kappa shape index (κ2) is 13.2. The summed E-state index contributed by atoms with van der Waals surface area (Å²) in [6.07, 6.45) is -0.218. The van der Waals surface area contributed by atoms with E-state index in [9.17, 15) is 27.9 Å². The monoisotopic (exact) mass is 620 g/mol. The summed E-state index contributed by atoms with van der Waals surface area (Å²) in [6.45, 7) is -0.0218. The lowest BCUT2D eigenvalue weighted by Gasteiger charge is -2.20. The van der Waals surface area contributed by atoms with Gasteiger partial charge in [-0.3, -0.25) is 19.6 Å². The fourth-order valence-electron chi connectivity index (χ4n) is 4.90. The van der Waals surface area contributed by atoms with Gasteiger partial charge in [0.25, 0.3) is 5.91 Å². The van der Waals surface area contributed by atoms with Gasteiger partial charge in [0.05, 0.1) is 12.6 Å². The average molecular weight is 621 g/mol. The van der Waals surface area contributed by atoms with Gasteiger partial charge in [0.1, 0.15) is 10.0 Å². The van der Waals surface area contributed by atoms with Crippen LogP contribution in [-0.4, -0.2) is 56.2 Å². The number of ketones is 1. The molecule has 15 heteroatoms. The Labute approximate surface area is 246 Å². The molecule has 0 saturated heterocycles. The quantitative estimate of drug-likeness (QED) is 0.261. The third kappa shape index (κ3) is 8.06. The highest BCUT2D eigenvalue weighted by Gasteiger charge is 2.34. The molecule has 2 aliphatic carbocycles. The number of aliphatic hydroxyl groups is 1. The lowest BCUT2D eigenvalue weighted by molar-refractivity contribution is -0.336. The maximum atomic E-state index is 12.5. The highest BCUT2D eigenvalue weighted by Crippen LogP contribution is 2.45. The number of nitrogens with zero attached hydrogens (tertiary/aromatic N) is 4. The first-order valence-electron chi connectivity index (χ1n) is 13.2. The van der Waals surface area contributed by atoms with Crippen molar-refractivity contribution in [1.29, 1.82) is 0 Å². The molecule has 2 heterocycles. The van der Waals surface area contributed by atoms with E-state index in [0.29, 0.717) is 21.4 Å². The van der Waals surface area contributed by atoms with Crippen LogP contribution in [0.15, 0.2) is 54.1 Å². The summed E-state index contributed by atoms with van der Waals surface area (Å²) in [6, 6.07) is 8.63. The van der Waals surface area contributed by atoms with Crippen molar-refractivity contribution < 1.29 is 32.6 Å². The van der Waals surface area contributed by atoms with E-state index in [1.54, 1.807) is 36.4 Å². The molecule has 2 aliphatic rings. The number of allylic oxidation sites excluding steroid dienone is 2. The van der Waals surface area contributed by atoms with Crippen LogP contribution in [0.5, 0.6) is 0 Å². The number of aromatic nitrogens is 4. The Hall–Kier alpha value is -3.53. The number of aliphatic hydroxyl groups excluding tert-OH is 1. The topological polar surface area (TPSA) is 139 Å². The maximum Gasteiger partial charge on any atom is 0.523 e. The molecular weight excluding hydrogens is 593 g/mol. The van der Waals surface area contributed by atoms with E-state index in [1.807, 2.05) is 0 Å². The zero-order valence-electron chi connectivity index (χ0n) is 22.1. The van der Waals surface area contributed by atoms with Crippen molar-refractivity contribution in [2.24, 2.45) is 0 Å². The summed E-state index contributed by atoms with van der Waals surface area (Å²) in [5, 5.41) is 35.1. The third-order valence-corrected chi connectivity index (χ3v) is 8.92. The molecular formula is C27H27F3N6O4S2.